The third kappa shape index (κ3) is 2.45. The maximum atomic E-state index is 12.2. The smallest absolute Gasteiger partial charge is 0.246 e. The molecule has 1 aliphatic heterocycles. The molecule has 0 atom stereocenters. The maximum Gasteiger partial charge on any atom is 0.246 e. The van der Waals surface area contributed by atoms with Gasteiger partial charge in [0.1, 0.15) is 5.76 Å². The Morgan fingerprint density at radius 2 is 2.20 bits per heavy atom. The number of nitrogen functional groups attached to an aromatic ring is 1. The van der Waals surface area contributed by atoms with Gasteiger partial charge in [-0.1, -0.05) is 12.1 Å². The molecule has 1 aromatic heterocycles. The van der Waals surface area contributed by atoms with Crippen LogP contribution in [0.15, 0.2) is 47.1 Å². The van der Waals surface area contributed by atoms with Gasteiger partial charge in [0.05, 0.1) is 6.26 Å². The molecule has 0 unspecified atom stereocenters. The Balaban J connectivity index is 1.72. The van der Waals surface area contributed by atoms with Gasteiger partial charge in [-0.2, -0.15) is 0 Å². The Morgan fingerprint density at radius 3 is 3.00 bits per heavy atom. The Hall–Kier alpha value is -2.49. The number of nitrogens with zero attached hydrogens (tertiary/aromatic N) is 1. The van der Waals surface area contributed by atoms with Crippen LogP contribution in [-0.2, 0) is 17.8 Å². The molecule has 1 aromatic carbocycles. The van der Waals surface area contributed by atoms with Crippen LogP contribution < -0.4 is 5.73 Å². The van der Waals surface area contributed by atoms with E-state index >= 15 is 0 Å². The Bertz CT molecular complexity index is 645. The molecule has 4 nitrogen and oxygen atoms in total. The molecule has 2 aromatic rings. The second kappa shape index (κ2) is 5.25. The molecule has 0 saturated carbocycles. The molecule has 0 fully saturated rings. The first-order chi connectivity index (χ1) is 9.74. The summed E-state index contributed by atoms with van der Waals surface area (Å²) >= 11 is 0. The van der Waals surface area contributed by atoms with Crippen molar-refractivity contribution < 1.29 is 9.21 Å². The van der Waals surface area contributed by atoms with E-state index in [-0.39, 0.29) is 5.91 Å². The lowest BCUT2D eigenvalue weighted by Crippen LogP contribution is -2.35. The summed E-state index contributed by atoms with van der Waals surface area (Å²) in [6, 6.07) is 9.48. The summed E-state index contributed by atoms with van der Waals surface area (Å²) in [7, 11) is 0. The summed E-state index contributed by atoms with van der Waals surface area (Å²) in [5.41, 5.74) is 9.08. The molecule has 1 amide bonds. The quantitative estimate of drug-likeness (QED) is 0.672. The molecule has 0 saturated heterocycles. The first-order valence-corrected chi connectivity index (χ1v) is 6.61. The van der Waals surface area contributed by atoms with E-state index in [4.69, 9.17) is 10.2 Å². The monoisotopic (exact) mass is 268 g/mol. The summed E-state index contributed by atoms with van der Waals surface area (Å²) in [5, 5.41) is 0. The van der Waals surface area contributed by atoms with Crippen LogP contribution in [0.2, 0.25) is 0 Å². The van der Waals surface area contributed by atoms with E-state index in [1.165, 1.54) is 5.56 Å². The van der Waals surface area contributed by atoms with Crippen molar-refractivity contribution in [3.63, 3.8) is 0 Å². The molecule has 0 spiro atoms. The predicted molar refractivity (Wildman–Crippen MR) is 77.7 cm³/mol. The van der Waals surface area contributed by atoms with Gasteiger partial charge in [-0.15, -0.1) is 0 Å². The van der Waals surface area contributed by atoms with E-state index in [9.17, 15) is 4.79 Å². The van der Waals surface area contributed by atoms with Crippen molar-refractivity contribution in [2.24, 2.45) is 0 Å². The molecule has 102 valence electrons. The summed E-state index contributed by atoms with van der Waals surface area (Å²) in [5.74, 6) is 0.675. The predicted octanol–water partition coefficient (Wildman–Crippen LogP) is 2.46. The average molecular weight is 268 g/mol. The molecule has 1 aliphatic rings. The number of hydrogen-bond acceptors (Lipinski definition) is 3. The molecule has 2 N–H and O–H groups in total. The molecule has 2 heterocycles. The number of fused-ring (bicyclic) bond motifs is 1. The lowest BCUT2D eigenvalue weighted by Gasteiger charge is -2.28. The number of nitrogens with two attached hydrogens (primary N) is 1. The molecule has 3 rings (SSSR count). The van der Waals surface area contributed by atoms with E-state index in [0.29, 0.717) is 18.8 Å². The number of carbonyl (C=O) groups is 1. The Labute approximate surface area is 117 Å². The molecule has 0 bridgehead atoms. The molecular weight excluding hydrogens is 252 g/mol. The van der Waals surface area contributed by atoms with Gasteiger partial charge in [-0.25, -0.2) is 0 Å². The Morgan fingerprint density at radius 1 is 1.30 bits per heavy atom. The molecule has 0 radical (unpaired) electrons. The van der Waals surface area contributed by atoms with Crippen LogP contribution in [0.25, 0.3) is 6.08 Å². The second-order valence-corrected chi connectivity index (χ2v) is 4.84. The van der Waals surface area contributed by atoms with Crippen LogP contribution in [0.1, 0.15) is 16.9 Å². The molecular formula is C16H16N2O2. The molecule has 20 heavy (non-hydrogen) atoms. The third-order valence-corrected chi connectivity index (χ3v) is 3.55. The van der Waals surface area contributed by atoms with Gasteiger partial charge < -0.3 is 15.1 Å². The van der Waals surface area contributed by atoms with Gasteiger partial charge in [-0.3, -0.25) is 4.79 Å². The van der Waals surface area contributed by atoms with E-state index < -0.39 is 0 Å². The summed E-state index contributed by atoms with van der Waals surface area (Å²) < 4.78 is 5.17. The van der Waals surface area contributed by atoms with Crippen LogP contribution in [0.3, 0.4) is 0 Å². The fourth-order valence-corrected chi connectivity index (χ4v) is 2.47. The van der Waals surface area contributed by atoms with Crippen LogP contribution in [0.4, 0.5) is 5.69 Å². The van der Waals surface area contributed by atoms with Crippen molar-refractivity contribution in [1.29, 1.82) is 0 Å². The van der Waals surface area contributed by atoms with Gasteiger partial charge in [0.2, 0.25) is 5.91 Å². The highest BCUT2D eigenvalue weighted by Gasteiger charge is 2.20. The van der Waals surface area contributed by atoms with Crippen molar-refractivity contribution >= 4 is 17.7 Å². The zero-order chi connectivity index (χ0) is 13.9. The highest BCUT2D eigenvalue weighted by molar-refractivity contribution is 5.91. The van der Waals surface area contributed by atoms with Crippen molar-refractivity contribution in [3.8, 4) is 0 Å². The first-order valence-electron chi connectivity index (χ1n) is 6.61. The van der Waals surface area contributed by atoms with Crippen LogP contribution in [0, 0.1) is 0 Å². The molecule has 4 heteroatoms. The topological polar surface area (TPSA) is 59.5 Å². The van der Waals surface area contributed by atoms with Gasteiger partial charge >= 0.3 is 0 Å². The van der Waals surface area contributed by atoms with Gasteiger partial charge in [-0.05, 0) is 41.8 Å². The SMILES string of the molecule is Nc1cccc2c1CCN(C(=O)C=Cc1ccco1)C2. The lowest BCUT2D eigenvalue weighted by atomic mass is 9.98. The van der Waals surface area contributed by atoms with Gasteiger partial charge in [0.15, 0.2) is 0 Å². The third-order valence-electron chi connectivity index (χ3n) is 3.55. The maximum absolute atomic E-state index is 12.2. The van der Waals surface area contributed by atoms with Crippen LogP contribution >= 0.6 is 0 Å². The average Bonchev–Trinajstić information content (AvgIpc) is 2.98. The van der Waals surface area contributed by atoms with E-state index in [1.807, 2.05) is 29.2 Å². The number of hydrogen-bond donors (Lipinski definition) is 1. The van der Waals surface area contributed by atoms with Gasteiger partial charge in [0, 0.05) is 24.9 Å². The summed E-state index contributed by atoms with van der Waals surface area (Å²) in [4.78, 5) is 14.0. The summed E-state index contributed by atoms with van der Waals surface area (Å²) in [6.07, 6.45) is 5.64. The summed E-state index contributed by atoms with van der Waals surface area (Å²) in [6.45, 7) is 1.31. The van der Waals surface area contributed by atoms with Crippen LogP contribution in [0.5, 0.6) is 0 Å². The van der Waals surface area contributed by atoms with E-state index in [0.717, 1.165) is 17.7 Å². The zero-order valence-electron chi connectivity index (χ0n) is 11.1. The second-order valence-electron chi connectivity index (χ2n) is 4.84. The first kappa shape index (κ1) is 12.5. The normalized spacial score (nSPS) is 14.5. The number of rotatable bonds is 2. The largest absolute Gasteiger partial charge is 0.465 e. The fourth-order valence-electron chi connectivity index (χ4n) is 2.47. The van der Waals surface area contributed by atoms with Crippen LogP contribution in [-0.4, -0.2) is 17.4 Å². The Kier molecular flexibility index (Phi) is 3.29. The van der Waals surface area contributed by atoms with Crippen molar-refractivity contribution in [2.45, 2.75) is 13.0 Å². The zero-order valence-corrected chi connectivity index (χ0v) is 11.1. The highest BCUT2D eigenvalue weighted by Crippen LogP contribution is 2.24. The highest BCUT2D eigenvalue weighted by atomic mass is 16.3. The lowest BCUT2D eigenvalue weighted by molar-refractivity contribution is -0.126. The number of benzene rings is 1. The number of anilines is 1. The minimum absolute atomic E-state index is 0.00512. The fraction of sp³-hybridized carbons (Fsp3) is 0.188. The van der Waals surface area contributed by atoms with Crippen molar-refractivity contribution in [3.05, 3.63) is 59.6 Å². The van der Waals surface area contributed by atoms with Crippen molar-refractivity contribution in [1.82, 2.24) is 4.90 Å². The van der Waals surface area contributed by atoms with Crippen molar-refractivity contribution in [2.75, 3.05) is 12.3 Å². The molecule has 0 aliphatic carbocycles. The minimum Gasteiger partial charge on any atom is -0.465 e. The van der Waals surface area contributed by atoms with E-state index in [1.54, 1.807) is 24.5 Å². The van der Waals surface area contributed by atoms with E-state index in [2.05, 4.69) is 0 Å². The number of carbonyl (C=O) groups excluding carboxylic acids is 1. The minimum atomic E-state index is -0.00512. The van der Waals surface area contributed by atoms with Gasteiger partial charge in [0.25, 0.3) is 0 Å². The number of furan rings is 1. The number of amides is 1. The standard InChI is InChI=1S/C16H16N2O2/c17-15-5-1-3-12-11-18(9-8-14(12)15)16(19)7-6-13-4-2-10-20-13/h1-7,10H,8-9,11,17H2.